The van der Waals surface area contributed by atoms with Gasteiger partial charge in [0.2, 0.25) is 0 Å². The quantitative estimate of drug-likeness (QED) is 0.681. The summed E-state index contributed by atoms with van der Waals surface area (Å²) in [5.41, 5.74) is 0. The highest BCUT2D eigenvalue weighted by atomic mass is 15.2. The maximum atomic E-state index is 3.49. The van der Waals surface area contributed by atoms with Gasteiger partial charge in [0.25, 0.3) is 0 Å². The van der Waals surface area contributed by atoms with Crippen molar-refractivity contribution in [2.75, 3.05) is 19.6 Å². The zero-order chi connectivity index (χ0) is 11.3. The third kappa shape index (κ3) is 4.52. The Hall–Kier alpha value is -0.0800. The van der Waals surface area contributed by atoms with Gasteiger partial charge in [0.05, 0.1) is 0 Å². The molecule has 1 saturated heterocycles. The molecule has 0 saturated carbocycles. The Bertz CT molecular complexity index is 166. The van der Waals surface area contributed by atoms with Crippen molar-refractivity contribution in [3.8, 4) is 0 Å². The second kappa shape index (κ2) is 6.49. The second-order valence-electron chi connectivity index (χ2n) is 5.45. The van der Waals surface area contributed by atoms with Crippen LogP contribution in [0.1, 0.15) is 47.0 Å². The van der Waals surface area contributed by atoms with E-state index in [9.17, 15) is 0 Å². The molecular formula is C13H28N2. The predicted octanol–water partition coefficient (Wildman–Crippen LogP) is 2.49. The third-order valence-corrected chi connectivity index (χ3v) is 3.36. The summed E-state index contributed by atoms with van der Waals surface area (Å²) in [6.45, 7) is 12.9. The Morgan fingerprint density at radius 2 is 2.00 bits per heavy atom. The molecule has 0 aromatic rings. The molecule has 0 aliphatic carbocycles. The van der Waals surface area contributed by atoms with Crippen molar-refractivity contribution in [1.82, 2.24) is 10.2 Å². The van der Waals surface area contributed by atoms with Gasteiger partial charge in [0, 0.05) is 12.1 Å². The molecule has 0 radical (unpaired) electrons. The molecular weight excluding hydrogens is 184 g/mol. The molecule has 2 nitrogen and oxygen atoms in total. The lowest BCUT2D eigenvalue weighted by Gasteiger charge is -2.27. The van der Waals surface area contributed by atoms with E-state index in [2.05, 4.69) is 37.9 Å². The van der Waals surface area contributed by atoms with Crippen molar-refractivity contribution < 1.29 is 0 Å². The molecule has 2 heteroatoms. The molecule has 0 bridgehead atoms. The average Bonchev–Trinajstić information content (AvgIpc) is 2.60. The van der Waals surface area contributed by atoms with E-state index in [0.29, 0.717) is 6.04 Å². The number of rotatable bonds is 6. The van der Waals surface area contributed by atoms with Crippen molar-refractivity contribution in [3.63, 3.8) is 0 Å². The topological polar surface area (TPSA) is 15.3 Å². The van der Waals surface area contributed by atoms with E-state index < -0.39 is 0 Å². The van der Waals surface area contributed by atoms with Gasteiger partial charge in [-0.25, -0.2) is 0 Å². The van der Waals surface area contributed by atoms with Crippen molar-refractivity contribution in [3.05, 3.63) is 0 Å². The Balaban J connectivity index is 2.14. The highest BCUT2D eigenvalue weighted by molar-refractivity contribution is 4.81. The molecule has 0 spiro atoms. The highest BCUT2D eigenvalue weighted by Crippen LogP contribution is 2.23. The minimum absolute atomic E-state index is 0.629. The maximum absolute atomic E-state index is 3.49. The summed E-state index contributed by atoms with van der Waals surface area (Å²) < 4.78 is 0. The molecule has 0 amide bonds. The Labute approximate surface area is 95.4 Å². The number of nitrogens with one attached hydrogen (secondary N) is 1. The minimum Gasteiger partial charge on any atom is -0.314 e. The zero-order valence-electron chi connectivity index (χ0n) is 10.9. The van der Waals surface area contributed by atoms with Gasteiger partial charge < -0.3 is 10.2 Å². The van der Waals surface area contributed by atoms with Crippen LogP contribution in [0.4, 0.5) is 0 Å². The summed E-state index contributed by atoms with van der Waals surface area (Å²) in [7, 11) is 0. The van der Waals surface area contributed by atoms with E-state index >= 15 is 0 Å². The van der Waals surface area contributed by atoms with E-state index in [-0.39, 0.29) is 0 Å². The van der Waals surface area contributed by atoms with Crippen molar-refractivity contribution >= 4 is 0 Å². The van der Waals surface area contributed by atoms with Crippen molar-refractivity contribution in [1.29, 1.82) is 0 Å². The predicted molar refractivity (Wildman–Crippen MR) is 67.2 cm³/mol. The first-order chi connectivity index (χ1) is 7.11. The van der Waals surface area contributed by atoms with Crippen LogP contribution in [0.2, 0.25) is 0 Å². The van der Waals surface area contributed by atoms with Gasteiger partial charge in [0.15, 0.2) is 0 Å². The van der Waals surface area contributed by atoms with E-state index in [4.69, 9.17) is 0 Å². The van der Waals surface area contributed by atoms with Gasteiger partial charge in [-0.1, -0.05) is 27.7 Å². The van der Waals surface area contributed by atoms with Crippen molar-refractivity contribution in [2.45, 2.75) is 59.0 Å². The summed E-state index contributed by atoms with van der Waals surface area (Å²) in [6.07, 6.45) is 4.11. The van der Waals surface area contributed by atoms with E-state index in [1.807, 2.05) is 0 Å². The Morgan fingerprint density at radius 1 is 1.27 bits per heavy atom. The van der Waals surface area contributed by atoms with E-state index in [1.54, 1.807) is 0 Å². The number of nitrogens with zero attached hydrogens (tertiary/aromatic N) is 1. The zero-order valence-corrected chi connectivity index (χ0v) is 10.9. The van der Waals surface area contributed by atoms with Crippen LogP contribution in [0, 0.1) is 5.92 Å². The maximum Gasteiger partial charge on any atom is 0.0119 e. The first-order valence-electron chi connectivity index (χ1n) is 6.58. The fraction of sp³-hybridized carbons (Fsp3) is 1.00. The average molecular weight is 212 g/mol. The van der Waals surface area contributed by atoms with Crippen LogP contribution in [-0.2, 0) is 0 Å². The van der Waals surface area contributed by atoms with Crippen LogP contribution in [-0.4, -0.2) is 36.6 Å². The Kier molecular flexibility index (Phi) is 5.62. The van der Waals surface area contributed by atoms with Gasteiger partial charge in [-0.2, -0.15) is 0 Å². The first kappa shape index (κ1) is 13.0. The third-order valence-electron chi connectivity index (χ3n) is 3.36. The van der Waals surface area contributed by atoms with Crippen LogP contribution in [0.5, 0.6) is 0 Å². The molecule has 1 fully saturated rings. The SMILES string of the molecule is CC(C)NCCCN1CCCC1C(C)C. The van der Waals surface area contributed by atoms with E-state index in [1.165, 1.54) is 38.9 Å². The smallest absolute Gasteiger partial charge is 0.0119 e. The van der Waals surface area contributed by atoms with Gasteiger partial charge >= 0.3 is 0 Å². The molecule has 1 aliphatic rings. The molecule has 1 unspecified atom stereocenters. The summed E-state index contributed by atoms with van der Waals surface area (Å²) >= 11 is 0. The lowest BCUT2D eigenvalue weighted by molar-refractivity contribution is 0.203. The van der Waals surface area contributed by atoms with Gasteiger partial charge in [-0.05, 0) is 44.8 Å². The molecule has 15 heavy (non-hydrogen) atoms. The summed E-state index contributed by atoms with van der Waals surface area (Å²) in [5.74, 6) is 0.825. The number of hydrogen-bond donors (Lipinski definition) is 1. The monoisotopic (exact) mass is 212 g/mol. The second-order valence-corrected chi connectivity index (χ2v) is 5.45. The molecule has 0 aromatic heterocycles. The van der Waals surface area contributed by atoms with E-state index in [0.717, 1.165) is 12.0 Å². The lowest BCUT2D eigenvalue weighted by atomic mass is 10.0. The van der Waals surface area contributed by atoms with Crippen LogP contribution >= 0.6 is 0 Å². The van der Waals surface area contributed by atoms with Gasteiger partial charge in [0.1, 0.15) is 0 Å². The molecule has 1 atom stereocenters. The number of likely N-dealkylation sites (tertiary alicyclic amines) is 1. The first-order valence-corrected chi connectivity index (χ1v) is 6.58. The van der Waals surface area contributed by atoms with Crippen molar-refractivity contribution in [2.24, 2.45) is 5.92 Å². The standard InChI is InChI=1S/C13H28N2/c1-11(2)13-7-5-9-15(13)10-6-8-14-12(3)4/h11-14H,5-10H2,1-4H3. The summed E-state index contributed by atoms with van der Waals surface area (Å²) in [4.78, 5) is 2.69. The minimum atomic E-state index is 0.629. The fourth-order valence-corrected chi connectivity index (χ4v) is 2.56. The van der Waals surface area contributed by atoms with Gasteiger partial charge in [-0.15, -0.1) is 0 Å². The van der Waals surface area contributed by atoms with Crippen LogP contribution < -0.4 is 5.32 Å². The molecule has 1 N–H and O–H groups in total. The Morgan fingerprint density at radius 3 is 2.60 bits per heavy atom. The van der Waals surface area contributed by atoms with Crippen LogP contribution in [0.15, 0.2) is 0 Å². The normalized spacial score (nSPS) is 23.2. The van der Waals surface area contributed by atoms with Crippen LogP contribution in [0.3, 0.4) is 0 Å². The molecule has 1 rings (SSSR count). The largest absolute Gasteiger partial charge is 0.314 e. The molecule has 0 aromatic carbocycles. The lowest BCUT2D eigenvalue weighted by Crippen LogP contribution is -2.36. The van der Waals surface area contributed by atoms with Gasteiger partial charge in [-0.3, -0.25) is 0 Å². The number of hydrogen-bond acceptors (Lipinski definition) is 2. The van der Waals surface area contributed by atoms with Crippen LogP contribution in [0.25, 0.3) is 0 Å². The molecule has 90 valence electrons. The summed E-state index contributed by atoms with van der Waals surface area (Å²) in [5, 5.41) is 3.49. The highest BCUT2D eigenvalue weighted by Gasteiger charge is 2.25. The molecule has 1 heterocycles. The summed E-state index contributed by atoms with van der Waals surface area (Å²) in [6, 6.07) is 1.48. The fourth-order valence-electron chi connectivity index (χ4n) is 2.56. The molecule has 1 aliphatic heterocycles.